The molecule has 1 aromatic carbocycles. The first-order chi connectivity index (χ1) is 9.67. The molecule has 0 bridgehead atoms. The topological polar surface area (TPSA) is 82.3 Å². The molecule has 4 N–H and O–H groups in total. The third-order valence-corrected chi connectivity index (χ3v) is 3.02. The van der Waals surface area contributed by atoms with E-state index in [1.165, 1.54) is 12.8 Å². The number of benzene rings is 1. The van der Waals surface area contributed by atoms with E-state index in [0.29, 0.717) is 24.7 Å². The normalized spacial score (nSPS) is 13.7. The second-order valence-electron chi connectivity index (χ2n) is 4.81. The van der Waals surface area contributed by atoms with Crippen LogP contribution in [0.5, 0.6) is 0 Å². The van der Waals surface area contributed by atoms with Gasteiger partial charge in [-0.15, -0.1) is 0 Å². The van der Waals surface area contributed by atoms with Crippen molar-refractivity contribution in [2.24, 2.45) is 0 Å². The first-order valence-corrected chi connectivity index (χ1v) is 6.79. The molecule has 1 aliphatic rings. The Balaban J connectivity index is 1.74. The van der Waals surface area contributed by atoms with Gasteiger partial charge in [-0.3, -0.25) is 4.79 Å². The van der Waals surface area contributed by atoms with Crippen molar-refractivity contribution in [3.63, 3.8) is 0 Å². The number of nitrogens with one attached hydrogen (secondary N) is 4. The maximum atomic E-state index is 11.7. The molecule has 0 atom stereocenters. The number of amides is 3. The molecule has 20 heavy (non-hydrogen) atoms. The Labute approximate surface area is 118 Å². The number of hydrogen-bond acceptors (Lipinski definition) is 3. The number of carbonyl (C=O) groups excluding carboxylic acids is 2. The Kier molecular flexibility index (Phi) is 4.95. The maximum absolute atomic E-state index is 11.7. The van der Waals surface area contributed by atoms with Crippen LogP contribution in [0.1, 0.15) is 19.3 Å². The van der Waals surface area contributed by atoms with Crippen LogP contribution in [0.3, 0.4) is 0 Å². The number of rotatable bonds is 6. The van der Waals surface area contributed by atoms with Crippen LogP contribution in [0.15, 0.2) is 24.3 Å². The lowest BCUT2D eigenvalue weighted by atomic mass is 10.2. The lowest BCUT2D eigenvalue weighted by Crippen LogP contribution is -2.24. The molecule has 0 spiro atoms. The van der Waals surface area contributed by atoms with Gasteiger partial charge in [0, 0.05) is 37.4 Å². The maximum Gasteiger partial charge on any atom is 0.318 e. The van der Waals surface area contributed by atoms with E-state index in [1.54, 1.807) is 31.3 Å². The zero-order valence-corrected chi connectivity index (χ0v) is 11.5. The monoisotopic (exact) mass is 276 g/mol. The molecule has 0 saturated heterocycles. The Hall–Kier alpha value is -2.08. The van der Waals surface area contributed by atoms with Crippen molar-refractivity contribution in [2.45, 2.75) is 25.3 Å². The van der Waals surface area contributed by atoms with Crippen LogP contribution in [0.25, 0.3) is 0 Å². The summed E-state index contributed by atoms with van der Waals surface area (Å²) in [6.07, 6.45) is 2.91. The quantitative estimate of drug-likeness (QED) is 0.636. The minimum Gasteiger partial charge on any atom is -0.341 e. The standard InChI is InChI=1S/C14H20N4O2/c1-15-14(20)18-12-6-4-11(5-7-12)17-13(19)8-9-16-10-2-3-10/h4-7,10,16H,2-3,8-9H2,1H3,(H,17,19)(H2,15,18,20). The molecule has 0 heterocycles. The second-order valence-corrected chi connectivity index (χ2v) is 4.81. The second kappa shape index (κ2) is 6.91. The smallest absolute Gasteiger partial charge is 0.318 e. The van der Waals surface area contributed by atoms with Crippen molar-refractivity contribution < 1.29 is 9.59 Å². The van der Waals surface area contributed by atoms with Crippen LogP contribution < -0.4 is 21.3 Å². The Morgan fingerprint density at radius 2 is 1.70 bits per heavy atom. The summed E-state index contributed by atoms with van der Waals surface area (Å²) in [5.41, 5.74) is 1.40. The number of anilines is 2. The molecule has 0 radical (unpaired) electrons. The summed E-state index contributed by atoms with van der Waals surface area (Å²) < 4.78 is 0. The van der Waals surface area contributed by atoms with Gasteiger partial charge in [0.2, 0.25) is 5.91 Å². The first kappa shape index (κ1) is 14.3. The van der Waals surface area contributed by atoms with Crippen molar-refractivity contribution in [1.29, 1.82) is 0 Å². The first-order valence-electron chi connectivity index (χ1n) is 6.79. The molecular formula is C14H20N4O2. The minimum atomic E-state index is -0.270. The van der Waals surface area contributed by atoms with E-state index in [2.05, 4.69) is 21.3 Å². The third-order valence-electron chi connectivity index (χ3n) is 3.02. The van der Waals surface area contributed by atoms with Crippen LogP contribution in [-0.2, 0) is 4.79 Å². The van der Waals surface area contributed by atoms with Crippen LogP contribution in [0.4, 0.5) is 16.2 Å². The summed E-state index contributed by atoms with van der Waals surface area (Å²) in [7, 11) is 1.56. The van der Waals surface area contributed by atoms with E-state index in [1.807, 2.05) is 0 Å². The van der Waals surface area contributed by atoms with Crippen molar-refractivity contribution >= 4 is 23.3 Å². The highest BCUT2D eigenvalue weighted by atomic mass is 16.2. The summed E-state index contributed by atoms with van der Waals surface area (Å²) in [6, 6.07) is 7.36. The Morgan fingerprint density at radius 1 is 1.10 bits per heavy atom. The highest BCUT2D eigenvalue weighted by Gasteiger charge is 2.20. The SMILES string of the molecule is CNC(=O)Nc1ccc(NC(=O)CCNC2CC2)cc1. The van der Waals surface area contributed by atoms with Crippen LogP contribution in [-0.4, -0.2) is 31.6 Å². The van der Waals surface area contributed by atoms with Gasteiger partial charge in [-0.2, -0.15) is 0 Å². The minimum absolute atomic E-state index is 0.00911. The molecule has 6 heteroatoms. The van der Waals surface area contributed by atoms with Crippen LogP contribution in [0.2, 0.25) is 0 Å². The summed E-state index contributed by atoms with van der Waals surface area (Å²) in [5.74, 6) is -0.00911. The van der Waals surface area contributed by atoms with Gasteiger partial charge in [-0.25, -0.2) is 4.79 Å². The molecule has 3 amide bonds. The van der Waals surface area contributed by atoms with Crippen molar-refractivity contribution in [2.75, 3.05) is 24.2 Å². The van der Waals surface area contributed by atoms with Gasteiger partial charge in [0.15, 0.2) is 0 Å². The summed E-state index contributed by atoms with van der Waals surface area (Å²) in [4.78, 5) is 22.8. The molecule has 1 saturated carbocycles. The largest absolute Gasteiger partial charge is 0.341 e. The van der Waals surface area contributed by atoms with Crippen molar-refractivity contribution in [3.05, 3.63) is 24.3 Å². The van der Waals surface area contributed by atoms with E-state index in [4.69, 9.17) is 0 Å². The zero-order valence-electron chi connectivity index (χ0n) is 11.5. The molecule has 1 aliphatic carbocycles. The van der Waals surface area contributed by atoms with Crippen molar-refractivity contribution in [3.8, 4) is 0 Å². The lowest BCUT2D eigenvalue weighted by molar-refractivity contribution is -0.116. The molecule has 1 fully saturated rings. The molecule has 0 aliphatic heterocycles. The van der Waals surface area contributed by atoms with Gasteiger partial charge in [-0.1, -0.05) is 0 Å². The lowest BCUT2D eigenvalue weighted by Gasteiger charge is -2.08. The zero-order chi connectivity index (χ0) is 14.4. The summed E-state index contributed by atoms with van der Waals surface area (Å²) in [6.45, 7) is 0.715. The molecule has 1 aromatic rings. The molecule has 0 unspecified atom stereocenters. The predicted octanol–water partition coefficient (Wildman–Crippen LogP) is 1.52. The van der Waals surface area contributed by atoms with Gasteiger partial charge in [0.1, 0.15) is 0 Å². The number of carbonyl (C=O) groups is 2. The van der Waals surface area contributed by atoms with E-state index in [9.17, 15) is 9.59 Å². The molecular weight excluding hydrogens is 256 g/mol. The Bertz CT molecular complexity index is 469. The highest BCUT2D eigenvalue weighted by Crippen LogP contribution is 2.18. The van der Waals surface area contributed by atoms with E-state index >= 15 is 0 Å². The molecule has 0 aromatic heterocycles. The van der Waals surface area contributed by atoms with E-state index in [-0.39, 0.29) is 11.9 Å². The predicted molar refractivity (Wildman–Crippen MR) is 78.8 cm³/mol. The summed E-state index contributed by atoms with van der Waals surface area (Å²) >= 11 is 0. The summed E-state index contributed by atoms with van der Waals surface area (Å²) in [5, 5.41) is 11.2. The Morgan fingerprint density at radius 3 is 2.25 bits per heavy atom. The van der Waals surface area contributed by atoms with Gasteiger partial charge < -0.3 is 21.3 Å². The number of urea groups is 1. The molecule has 2 rings (SSSR count). The highest BCUT2D eigenvalue weighted by molar-refractivity contribution is 5.92. The fourth-order valence-electron chi connectivity index (χ4n) is 1.73. The molecule has 108 valence electrons. The average molecular weight is 276 g/mol. The van der Waals surface area contributed by atoms with Gasteiger partial charge in [0.05, 0.1) is 0 Å². The van der Waals surface area contributed by atoms with Crippen molar-refractivity contribution in [1.82, 2.24) is 10.6 Å². The van der Waals surface area contributed by atoms with E-state index < -0.39 is 0 Å². The van der Waals surface area contributed by atoms with Gasteiger partial charge in [0.25, 0.3) is 0 Å². The molecule has 6 nitrogen and oxygen atoms in total. The fraction of sp³-hybridized carbons (Fsp3) is 0.429. The van der Waals surface area contributed by atoms with E-state index in [0.717, 1.165) is 5.69 Å². The van der Waals surface area contributed by atoms with Gasteiger partial charge in [-0.05, 0) is 37.1 Å². The van der Waals surface area contributed by atoms with Gasteiger partial charge >= 0.3 is 6.03 Å². The van der Waals surface area contributed by atoms with Crippen LogP contribution in [0, 0.1) is 0 Å². The average Bonchev–Trinajstić information content (AvgIpc) is 3.25. The third kappa shape index (κ3) is 4.89. The number of hydrogen-bond donors (Lipinski definition) is 4. The fourth-order valence-corrected chi connectivity index (χ4v) is 1.73. The van der Waals surface area contributed by atoms with Crippen LogP contribution >= 0.6 is 0 Å².